The summed E-state index contributed by atoms with van der Waals surface area (Å²) in [6, 6.07) is 0. The molecule has 0 aliphatic carbocycles. The summed E-state index contributed by atoms with van der Waals surface area (Å²) in [6.07, 6.45) is -7.88. The van der Waals surface area contributed by atoms with Crippen LogP contribution in [0.25, 0.3) is 0 Å². The van der Waals surface area contributed by atoms with Gasteiger partial charge in [-0.1, -0.05) is 0 Å². The fraction of sp³-hybridized carbons (Fsp3) is 0.800. The molecule has 67 valence electrons. The molecule has 0 unspecified atom stereocenters. The molecule has 11 heavy (non-hydrogen) atoms. The highest BCUT2D eigenvalue weighted by Crippen LogP contribution is 2.30. The molecule has 1 radical (unpaired) electrons. The van der Waals surface area contributed by atoms with Gasteiger partial charge in [0.05, 0.1) is 0 Å². The van der Waals surface area contributed by atoms with Gasteiger partial charge < -0.3 is 0 Å². The van der Waals surface area contributed by atoms with Crippen LogP contribution < -0.4 is 0 Å². The molecule has 0 heterocycles. The highest BCUT2D eigenvalue weighted by Gasteiger charge is 2.36. The van der Waals surface area contributed by atoms with E-state index in [-0.39, 0.29) is 0 Å². The summed E-state index contributed by atoms with van der Waals surface area (Å²) in [7, 11) is 0. The Hall–Kier alpha value is -0.420. The van der Waals surface area contributed by atoms with Gasteiger partial charge in [-0.2, -0.15) is 13.2 Å². The average Bonchev–Trinajstić information content (AvgIpc) is 1.83. The third-order valence-corrected chi connectivity index (χ3v) is 0.901. The molecule has 0 bridgehead atoms. The van der Waals surface area contributed by atoms with Crippen LogP contribution in [0.15, 0.2) is 0 Å². The summed E-state index contributed by atoms with van der Waals surface area (Å²) in [5.41, 5.74) is 0. The molecule has 0 aliphatic heterocycles. The van der Waals surface area contributed by atoms with Crippen molar-refractivity contribution in [3.8, 4) is 0 Å². The monoisotopic (exact) mass is 179 g/mol. The van der Waals surface area contributed by atoms with Crippen molar-refractivity contribution in [2.45, 2.75) is 24.9 Å². The summed E-state index contributed by atoms with van der Waals surface area (Å²) in [6.45, 7) is -1.03. The topological polar surface area (TPSA) is 0 Å². The fourth-order valence-electron chi connectivity index (χ4n) is 0.363. The third-order valence-electron chi connectivity index (χ3n) is 0.901. The first-order valence-corrected chi connectivity index (χ1v) is 2.66. The van der Waals surface area contributed by atoms with Gasteiger partial charge in [-0.05, 0) is 0 Å². The fourth-order valence-corrected chi connectivity index (χ4v) is 0.363. The van der Waals surface area contributed by atoms with Crippen LogP contribution in [0, 0.1) is 6.67 Å². The van der Waals surface area contributed by atoms with Gasteiger partial charge in [0, 0.05) is 12.8 Å². The standard InChI is InChI=1S/C5H5F6/c6-3-4(7,8)1-2-5(9,10)11/h3H,1-2H2. The minimum Gasteiger partial charge on any atom is -0.237 e. The van der Waals surface area contributed by atoms with Gasteiger partial charge in [0.1, 0.15) is 0 Å². The zero-order valence-electron chi connectivity index (χ0n) is 5.26. The van der Waals surface area contributed by atoms with Crippen LogP contribution in [-0.2, 0) is 0 Å². The molecule has 0 saturated heterocycles. The predicted octanol–water partition coefficient (Wildman–Crippen LogP) is 3.10. The van der Waals surface area contributed by atoms with Gasteiger partial charge in [-0.15, -0.1) is 0 Å². The highest BCUT2D eigenvalue weighted by atomic mass is 19.4. The number of hydrogen-bond donors (Lipinski definition) is 0. The Morgan fingerprint density at radius 1 is 0.909 bits per heavy atom. The van der Waals surface area contributed by atoms with Gasteiger partial charge in [0.2, 0.25) is 6.67 Å². The lowest BCUT2D eigenvalue weighted by atomic mass is 10.2. The van der Waals surface area contributed by atoms with Crippen molar-refractivity contribution >= 4 is 0 Å². The summed E-state index contributed by atoms with van der Waals surface area (Å²) in [4.78, 5) is 0. The number of halogens is 6. The second-order valence-corrected chi connectivity index (χ2v) is 1.99. The first-order valence-electron chi connectivity index (χ1n) is 2.66. The SMILES string of the molecule is F[CH]C(F)(F)CCC(F)(F)F. The number of hydrogen-bond acceptors (Lipinski definition) is 0. The second-order valence-electron chi connectivity index (χ2n) is 1.99. The van der Waals surface area contributed by atoms with Crippen LogP contribution in [0.4, 0.5) is 26.3 Å². The van der Waals surface area contributed by atoms with E-state index in [1.54, 1.807) is 0 Å². The molecule has 0 N–H and O–H groups in total. The first kappa shape index (κ1) is 10.6. The van der Waals surface area contributed by atoms with E-state index in [2.05, 4.69) is 0 Å². The smallest absolute Gasteiger partial charge is 0.237 e. The Balaban J connectivity index is 3.70. The van der Waals surface area contributed by atoms with Crippen molar-refractivity contribution < 1.29 is 26.3 Å². The van der Waals surface area contributed by atoms with E-state index in [1.807, 2.05) is 0 Å². The van der Waals surface area contributed by atoms with Crippen LogP contribution in [0.3, 0.4) is 0 Å². The maximum atomic E-state index is 11.8. The van der Waals surface area contributed by atoms with Crippen molar-refractivity contribution in [2.75, 3.05) is 0 Å². The van der Waals surface area contributed by atoms with Gasteiger partial charge in [0.25, 0.3) is 5.92 Å². The number of rotatable bonds is 3. The molecular weight excluding hydrogens is 174 g/mol. The van der Waals surface area contributed by atoms with E-state index in [4.69, 9.17) is 0 Å². The van der Waals surface area contributed by atoms with E-state index in [0.29, 0.717) is 0 Å². The quantitative estimate of drug-likeness (QED) is 0.584. The maximum absolute atomic E-state index is 11.8. The molecule has 0 aliphatic rings. The molecule has 0 rings (SSSR count). The Morgan fingerprint density at radius 2 is 1.36 bits per heavy atom. The van der Waals surface area contributed by atoms with E-state index in [1.165, 1.54) is 0 Å². The average molecular weight is 179 g/mol. The summed E-state index contributed by atoms with van der Waals surface area (Å²) in [5.74, 6) is -3.96. The van der Waals surface area contributed by atoms with E-state index in [0.717, 1.165) is 0 Å². The highest BCUT2D eigenvalue weighted by molar-refractivity contribution is 4.75. The van der Waals surface area contributed by atoms with Crippen molar-refractivity contribution in [3.05, 3.63) is 6.67 Å². The van der Waals surface area contributed by atoms with E-state index >= 15 is 0 Å². The molecule has 0 aromatic rings. The Morgan fingerprint density at radius 3 is 1.64 bits per heavy atom. The Labute approximate surface area is 59.2 Å². The van der Waals surface area contributed by atoms with Crippen LogP contribution in [0.5, 0.6) is 0 Å². The molecule has 0 nitrogen and oxygen atoms in total. The first-order chi connectivity index (χ1) is 4.77. The molecule has 0 spiro atoms. The zero-order valence-corrected chi connectivity index (χ0v) is 5.26. The van der Waals surface area contributed by atoms with Gasteiger partial charge in [-0.3, -0.25) is 0 Å². The molecular formula is C5H5F6. The van der Waals surface area contributed by atoms with Crippen molar-refractivity contribution in [1.82, 2.24) is 0 Å². The van der Waals surface area contributed by atoms with Gasteiger partial charge in [0.15, 0.2) is 0 Å². The van der Waals surface area contributed by atoms with Gasteiger partial charge in [-0.25, -0.2) is 13.2 Å². The Bertz CT molecular complexity index is 115. The Kier molecular flexibility index (Phi) is 3.19. The second kappa shape index (κ2) is 3.32. The molecule has 0 aromatic heterocycles. The summed E-state index contributed by atoms with van der Waals surface area (Å²) >= 11 is 0. The van der Waals surface area contributed by atoms with Crippen molar-refractivity contribution in [1.29, 1.82) is 0 Å². The summed E-state index contributed by atoms with van der Waals surface area (Å²) < 4.78 is 68.4. The third kappa shape index (κ3) is 6.00. The van der Waals surface area contributed by atoms with Crippen LogP contribution in [-0.4, -0.2) is 12.1 Å². The number of alkyl halides is 5. The molecule has 6 heteroatoms. The predicted molar refractivity (Wildman–Crippen MR) is 25.6 cm³/mol. The molecule has 0 amide bonds. The zero-order chi connectivity index (χ0) is 9.12. The summed E-state index contributed by atoms with van der Waals surface area (Å²) in [5, 5.41) is 0. The van der Waals surface area contributed by atoms with Crippen LogP contribution in [0.1, 0.15) is 12.8 Å². The van der Waals surface area contributed by atoms with Crippen LogP contribution >= 0.6 is 0 Å². The van der Waals surface area contributed by atoms with Crippen LogP contribution in [0.2, 0.25) is 0 Å². The van der Waals surface area contributed by atoms with E-state index in [9.17, 15) is 26.3 Å². The lowest BCUT2D eigenvalue weighted by Gasteiger charge is -2.12. The van der Waals surface area contributed by atoms with Crippen molar-refractivity contribution in [3.63, 3.8) is 0 Å². The minimum absolute atomic E-state index is 1.03. The van der Waals surface area contributed by atoms with Gasteiger partial charge >= 0.3 is 6.18 Å². The van der Waals surface area contributed by atoms with E-state index < -0.39 is 31.6 Å². The molecule has 0 saturated carbocycles. The maximum Gasteiger partial charge on any atom is 0.389 e. The molecule has 0 aromatic carbocycles. The minimum atomic E-state index is -4.66. The lowest BCUT2D eigenvalue weighted by molar-refractivity contribution is -0.149. The van der Waals surface area contributed by atoms with Crippen molar-refractivity contribution in [2.24, 2.45) is 0 Å². The largest absolute Gasteiger partial charge is 0.389 e. The molecule has 0 fully saturated rings. The lowest BCUT2D eigenvalue weighted by Crippen LogP contribution is -2.19. The molecule has 0 atom stereocenters. The normalized spacial score (nSPS) is 13.6.